The second-order valence-corrected chi connectivity index (χ2v) is 10.1. The van der Waals surface area contributed by atoms with E-state index in [1.165, 1.54) is 35.2 Å². The van der Waals surface area contributed by atoms with E-state index in [2.05, 4.69) is 21.4 Å². The number of aromatic nitrogens is 2. The van der Waals surface area contributed by atoms with E-state index in [0.29, 0.717) is 38.5 Å². The van der Waals surface area contributed by atoms with Gasteiger partial charge in [0.1, 0.15) is 47.0 Å². The van der Waals surface area contributed by atoms with Crippen molar-refractivity contribution in [1.29, 1.82) is 10.5 Å². The number of nitriles is 2. The lowest BCUT2D eigenvalue weighted by Crippen LogP contribution is -2.21. The summed E-state index contributed by atoms with van der Waals surface area (Å²) in [7, 11) is 0. The average molecular weight is 575 g/mol. The number of nitrogens with two attached hydrogens (primary N) is 1. The third kappa shape index (κ3) is 6.66. The number of nitrogens with one attached hydrogen (secondary N) is 1. The molecular weight excluding hydrogens is 552 g/mol. The lowest BCUT2D eigenvalue weighted by Gasteiger charge is -2.14. The third-order valence-corrected chi connectivity index (χ3v) is 7.32. The highest BCUT2D eigenvalue weighted by Gasteiger charge is 2.21. The van der Waals surface area contributed by atoms with Gasteiger partial charge >= 0.3 is 5.97 Å². The van der Waals surface area contributed by atoms with E-state index in [0.717, 1.165) is 5.69 Å². The average Bonchev–Trinajstić information content (AvgIpc) is 3.42. The van der Waals surface area contributed by atoms with Gasteiger partial charge in [-0.2, -0.15) is 10.5 Å². The van der Waals surface area contributed by atoms with Crippen LogP contribution < -0.4 is 15.8 Å². The standard InChI is InChI=1S/C27H22N6O5S2/c28-9-21-23(15-3-7-20(8-4-15)38-12-19(35)11-34)22(10-29)25(33-24(21)30)39-13-18-14-40-27(32-18)31-17-5-1-16(2-6-17)26(36)37/h1-8,14,19,34-35H,11-13H2,(H2,30,33)(H,31,32)(H,36,37). The molecule has 202 valence electrons. The van der Waals surface area contributed by atoms with E-state index in [1.54, 1.807) is 36.4 Å². The van der Waals surface area contributed by atoms with Crippen molar-refractivity contribution >= 4 is 45.7 Å². The van der Waals surface area contributed by atoms with Gasteiger partial charge < -0.3 is 31.1 Å². The molecule has 4 rings (SSSR count). The van der Waals surface area contributed by atoms with E-state index >= 15 is 0 Å². The first-order chi connectivity index (χ1) is 19.3. The molecule has 0 aliphatic rings. The number of nitrogen functional groups attached to an aromatic ring is 1. The lowest BCUT2D eigenvalue weighted by molar-refractivity contribution is 0.0536. The van der Waals surface area contributed by atoms with Crippen LogP contribution in [0.15, 0.2) is 58.9 Å². The molecule has 0 saturated carbocycles. The quantitative estimate of drug-likeness (QED) is 0.162. The predicted molar refractivity (Wildman–Crippen MR) is 150 cm³/mol. The fourth-order valence-corrected chi connectivity index (χ4v) is 5.27. The molecule has 0 amide bonds. The number of aromatic carboxylic acids is 1. The van der Waals surface area contributed by atoms with Crippen LogP contribution in [0.25, 0.3) is 11.1 Å². The number of carboxylic acid groups (broad SMARTS) is 1. The Morgan fingerprint density at radius 2 is 1.80 bits per heavy atom. The van der Waals surface area contributed by atoms with Crippen molar-refractivity contribution in [2.45, 2.75) is 16.9 Å². The molecule has 0 bridgehead atoms. The van der Waals surface area contributed by atoms with Gasteiger partial charge in [0.2, 0.25) is 0 Å². The zero-order chi connectivity index (χ0) is 28.6. The number of nitrogens with zero attached hydrogens (tertiary/aromatic N) is 4. The van der Waals surface area contributed by atoms with Crippen molar-refractivity contribution in [3.05, 3.63) is 76.3 Å². The first-order valence-corrected chi connectivity index (χ1v) is 13.5. The summed E-state index contributed by atoms with van der Waals surface area (Å²) in [6, 6.07) is 17.1. The van der Waals surface area contributed by atoms with E-state index < -0.39 is 18.7 Å². The Labute approximate surface area is 237 Å². The number of rotatable bonds is 11. The maximum Gasteiger partial charge on any atom is 0.335 e. The second kappa shape index (κ2) is 12.9. The number of thioether (sulfide) groups is 1. The molecule has 13 heteroatoms. The number of aliphatic hydroxyl groups is 2. The van der Waals surface area contributed by atoms with E-state index in [-0.39, 0.29) is 29.1 Å². The molecular formula is C27H22N6O5S2. The molecule has 0 fully saturated rings. The number of benzene rings is 2. The Morgan fingerprint density at radius 1 is 1.10 bits per heavy atom. The molecule has 1 unspecified atom stereocenters. The summed E-state index contributed by atoms with van der Waals surface area (Å²) >= 11 is 2.63. The first-order valence-electron chi connectivity index (χ1n) is 11.7. The van der Waals surface area contributed by atoms with E-state index in [1.807, 2.05) is 11.4 Å². The highest BCUT2D eigenvalue weighted by atomic mass is 32.2. The molecule has 1 atom stereocenters. The fourth-order valence-electron chi connectivity index (χ4n) is 3.55. The van der Waals surface area contributed by atoms with Crippen LogP contribution in [0.5, 0.6) is 5.75 Å². The number of carboxylic acids is 1. The van der Waals surface area contributed by atoms with Crippen LogP contribution >= 0.6 is 23.1 Å². The van der Waals surface area contributed by atoms with Gasteiger partial charge in [0.15, 0.2) is 5.13 Å². The number of anilines is 3. The van der Waals surface area contributed by atoms with Crippen LogP contribution in [-0.2, 0) is 5.75 Å². The SMILES string of the molecule is N#Cc1c(N)nc(SCc2csc(Nc3ccc(C(=O)O)cc3)n2)c(C#N)c1-c1ccc(OCC(O)CO)cc1. The Balaban J connectivity index is 1.53. The predicted octanol–water partition coefficient (Wildman–Crippen LogP) is 4.00. The van der Waals surface area contributed by atoms with Gasteiger partial charge in [-0.25, -0.2) is 14.8 Å². The van der Waals surface area contributed by atoms with Gasteiger partial charge in [0.05, 0.1) is 23.4 Å². The largest absolute Gasteiger partial charge is 0.491 e. The van der Waals surface area contributed by atoms with Gasteiger partial charge in [-0.15, -0.1) is 11.3 Å². The molecule has 0 saturated heterocycles. The number of hydrogen-bond acceptors (Lipinski definition) is 12. The molecule has 11 nitrogen and oxygen atoms in total. The topological polar surface area (TPSA) is 198 Å². The molecule has 0 radical (unpaired) electrons. The Morgan fingerprint density at radius 3 is 2.42 bits per heavy atom. The summed E-state index contributed by atoms with van der Waals surface area (Å²) in [6.45, 7) is -0.510. The minimum atomic E-state index is -1.01. The van der Waals surface area contributed by atoms with Gasteiger partial charge in [0, 0.05) is 22.4 Å². The molecule has 2 aromatic carbocycles. The minimum absolute atomic E-state index is 0.00386. The normalized spacial score (nSPS) is 11.3. The Hall–Kier alpha value is -4.66. The van der Waals surface area contributed by atoms with Crippen molar-refractivity contribution in [3.8, 4) is 29.0 Å². The molecule has 6 N–H and O–H groups in total. The number of pyridine rings is 1. The lowest BCUT2D eigenvalue weighted by atomic mass is 9.97. The molecule has 0 aliphatic heterocycles. The van der Waals surface area contributed by atoms with Crippen LogP contribution in [-0.4, -0.2) is 50.6 Å². The fraction of sp³-hybridized carbons (Fsp3) is 0.148. The summed E-state index contributed by atoms with van der Waals surface area (Å²) in [5, 5.41) is 53.2. The monoisotopic (exact) mass is 574 g/mol. The maximum atomic E-state index is 11.0. The van der Waals surface area contributed by atoms with Crippen molar-refractivity contribution < 1.29 is 24.9 Å². The van der Waals surface area contributed by atoms with Crippen molar-refractivity contribution in [2.24, 2.45) is 0 Å². The Kier molecular flexibility index (Phi) is 9.16. The highest BCUT2D eigenvalue weighted by Crippen LogP contribution is 2.37. The summed E-state index contributed by atoms with van der Waals surface area (Å²) in [5.41, 5.74) is 8.92. The number of hydrogen-bond donors (Lipinski definition) is 5. The maximum absolute atomic E-state index is 11.0. The van der Waals surface area contributed by atoms with E-state index in [4.69, 9.17) is 20.7 Å². The molecule has 40 heavy (non-hydrogen) atoms. The van der Waals surface area contributed by atoms with Gasteiger partial charge in [-0.1, -0.05) is 23.9 Å². The van der Waals surface area contributed by atoms with Crippen LogP contribution in [0.3, 0.4) is 0 Å². The summed E-state index contributed by atoms with van der Waals surface area (Å²) in [5.74, 6) is -0.188. The van der Waals surface area contributed by atoms with Crippen molar-refractivity contribution in [2.75, 3.05) is 24.3 Å². The van der Waals surface area contributed by atoms with Crippen molar-refractivity contribution in [3.63, 3.8) is 0 Å². The van der Waals surface area contributed by atoms with Crippen LogP contribution in [0, 0.1) is 22.7 Å². The smallest absolute Gasteiger partial charge is 0.335 e. The Bertz CT molecular complexity index is 1590. The van der Waals surface area contributed by atoms with Crippen LogP contribution in [0.4, 0.5) is 16.6 Å². The molecule has 0 aliphatic carbocycles. The number of thiazole rings is 1. The third-order valence-electron chi connectivity index (χ3n) is 5.50. The number of aliphatic hydroxyl groups excluding tert-OH is 2. The minimum Gasteiger partial charge on any atom is -0.491 e. The number of ether oxygens (including phenoxy) is 1. The zero-order valence-electron chi connectivity index (χ0n) is 20.7. The summed E-state index contributed by atoms with van der Waals surface area (Å²) in [6.07, 6.45) is -1.01. The zero-order valence-corrected chi connectivity index (χ0v) is 22.4. The van der Waals surface area contributed by atoms with Gasteiger partial charge in [0.25, 0.3) is 0 Å². The van der Waals surface area contributed by atoms with Gasteiger partial charge in [-0.3, -0.25) is 0 Å². The summed E-state index contributed by atoms with van der Waals surface area (Å²) < 4.78 is 5.44. The first kappa shape index (κ1) is 28.4. The van der Waals surface area contributed by atoms with Crippen molar-refractivity contribution in [1.82, 2.24) is 9.97 Å². The van der Waals surface area contributed by atoms with Crippen LogP contribution in [0.1, 0.15) is 27.2 Å². The highest BCUT2D eigenvalue weighted by molar-refractivity contribution is 7.98. The summed E-state index contributed by atoms with van der Waals surface area (Å²) in [4.78, 5) is 19.9. The molecule has 4 aromatic rings. The van der Waals surface area contributed by atoms with Gasteiger partial charge in [-0.05, 0) is 42.0 Å². The van der Waals surface area contributed by atoms with E-state index in [9.17, 15) is 20.4 Å². The number of carbonyl (C=O) groups is 1. The molecule has 0 spiro atoms. The second-order valence-electron chi connectivity index (χ2n) is 8.26. The molecule has 2 heterocycles. The molecule has 2 aromatic heterocycles. The van der Waals surface area contributed by atoms with Crippen LogP contribution in [0.2, 0.25) is 0 Å².